The van der Waals surface area contributed by atoms with Crippen LogP contribution in [-0.4, -0.2) is 24.7 Å². The summed E-state index contributed by atoms with van der Waals surface area (Å²) in [6.07, 6.45) is 4.77. The van der Waals surface area contributed by atoms with E-state index in [1.54, 1.807) is 17.3 Å². The molecule has 3 aromatic carbocycles. The van der Waals surface area contributed by atoms with Crippen molar-refractivity contribution in [1.82, 2.24) is 24.7 Å². The number of nitrogens with one attached hydrogen (secondary N) is 1. The number of rotatable bonds is 4. The normalized spacial score (nSPS) is 9.88. The van der Waals surface area contributed by atoms with Crippen LogP contribution in [0.5, 0.6) is 0 Å². The van der Waals surface area contributed by atoms with E-state index in [1.807, 2.05) is 76.2 Å². The second kappa shape index (κ2) is 11.4. The predicted molar refractivity (Wildman–Crippen MR) is 132 cm³/mol. The van der Waals surface area contributed by atoms with E-state index in [1.165, 1.54) is 6.33 Å². The van der Waals surface area contributed by atoms with Gasteiger partial charge in [-0.05, 0) is 47.5 Å². The lowest BCUT2D eigenvalue weighted by atomic mass is 10.0. The highest BCUT2D eigenvalue weighted by molar-refractivity contribution is 5.93. The van der Waals surface area contributed by atoms with Crippen molar-refractivity contribution in [2.75, 3.05) is 5.32 Å². The molecule has 0 unspecified atom stereocenters. The molecule has 0 atom stereocenters. The Morgan fingerprint density at radius 1 is 0.719 bits per heavy atom. The van der Waals surface area contributed by atoms with Gasteiger partial charge in [0, 0.05) is 11.1 Å². The Morgan fingerprint density at radius 3 is 2.16 bits per heavy atom. The fraction of sp³-hybridized carbons (Fsp3) is 0.154. The molecule has 0 fully saturated rings. The molecular formula is C26H28N6. The van der Waals surface area contributed by atoms with Crippen LogP contribution in [0, 0.1) is 0 Å². The Morgan fingerprint density at radius 2 is 1.47 bits per heavy atom. The van der Waals surface area contributed by atoms with Crippen molar-refractivity contribution in [3.63, 3.8) is 0 Å². The molecule has 162 valence electrons. The van der Waals surface area contributed by atoms with Crippen LogP contribution in [0.2, 0.25) is 0 Å². The number of anilines is 2. The van der Waals surface area contributed by atoms with Gasteiger partial charge in [0.1, 0.15) is 24.8 Å². The van der Waals surface area contributed by atoms with Crippen LogP contribution in [0.15, 0.2) is 91.8 Å². The third-order valence-electron chi connectivity index (χ3n) is 4.56. The lowest BCUT2D eigenvalue weighted by Gasteiger charge is -2.10. The molecule has 6 heteroatoms. The molecule has 0 aliphatic rings. The van der Waals surface area contributed by atoms with Crippen molar-refractivity contribution in [3.8, 4) is 16.8 Å². The zero-order chi connectivity index (χ0) is 22.8. The van der Waals surface area contributed by atoms with E-state index in [4.69, 9.17) is 0 Å². The summed E-state index contributed by atoms with van der Waals surface area (Å²) in [6, 6.07) is 24.5. The average molecular weight is 425 g/mol. The van der Waals surface area contributed by atoms with Crippen LogP contribution in [-0.2, 0) is 0 Å². The van der Waals surface area contributed by atoms with Gasteiger partial charge in [0.05, 0.1) is 11.2 Å². The van der Waals surface area contributed by atoms with Crippen LogP contribution in [0.1, 0.15) is 27.7 Å². The van der Waals surface area contributed by atoms with Gasteiger partial charge in [-0.3, -0.25) is 0 Å². The lowest BCUT2D eigenvalue weighted by Crippen LogP contribution is -1.98. The molecule has 0 saturated carbocycles. The van der Waals surface area contributed by atoms with Crippen molar-refractivity contribution in [2.24, 2.45) is 0 Å². The van der Waals surface area contributed by atoms with Gasteiger partial charge >= 0.3 is 0 Å². The molecule has 0 aliphatic carbocycles. The van der Waals surface area contributed by atoms with Crippen molar-refractivity contribution < 1.29 is 0 Å². The zero-order valence-electron chi connectivity index (χ0n) is 18.9. The Kier molecular flexibility index (Phi) is 8.03. The minimum absolute atomic E-state index is 0.774. The molecule has 0 radical (unpaired) electrons. The first-order chi connectivity index (χ1) is 15.9. The van der Waals surface area contributed by atoms with Crippen molar-refractivity contribution >= 4 is 22.4 Å². The second-order valence-electron chi connectivity index (χ2n) is 6.33. The van der Waals surface area contributed by atoms with E-state index < -0.39 is 0 Å². The summed E-state index contributed by atoms with van der Waals surface area (Å²) in [5, 5.41) is 8.52. The summed E-state index contributed by atoms with van der Waals surface area (Å²) in [7, 11) is 0. The van der Waals surface area contributed by atoms with E-state index >= 15 is 0 Å². The number of benzene rings is 3. The molecule has 0 saturated heterocycles. The highest BCUT2D eigenvalue weighted by Crippen LogP contribution is 2.28. The number of hydrogen-bond donors (Lipinski definition) is 1. The Balaban J connectivity index is 0.000000686. The van der Waals surface area contributed by atoms with Gasteiger partial charge in [-0.15, -0.1) is 0 Å². The summed E-state index contributed by atoms with van der Waals surface area (Å²) in [5.74, 6) is 0.774. The predicted octanol–water partition coefficient (Wildman–Crippen LogP) is 6.67. The van der Waals surface area contributed by atoms with Gasteiger partial charge in [0.2, 0.25) is 0 Å². The first kappa shape index (κ1) is 22.6. The SMILES string of the molecule is CC.CC.c1ccc(-c2ccc3ncnc(Nc4ccc(-n5cncn5)cc4)c3c2)cc1. The summed E-state index contributed by atoms with van der Waals surface area (Å²) < 4.78 is 1.72. The highest BCUT2D eigenvalue weighted by atomic mass is 15.3. The molecule has 5 aromatic rings. The maximum atomic E-state index is 4.46. The van der Waals surface area contributed by atoms with E-state index in [0.29, 0.717) is 0 Å². The molecule has 1 N–H and O–H groups in total. The van der Waals surface area contributed by atoms with Crippen LogP contribution >= 0.6 is 0 Å². The largest absolute Gasteiger partial charge is 0.340 e. The third-order valence-corrected chi connectivity index (χ3v) is 4.56. The van der Waals surface area contributed by atoms with Crippen molar-refractivity contribution in [3.05, 3.63) is 91.8 Å². The minimum atomic E-state index is 0.774. The fourth-order valence-corrected chi connectivity index (χ4v) is 3.14. The van der Waals surface area contributed by atoms with Gasteiger partial charge in [-0.2, -0.15) is 5.10 Å². The molecule has 0 aliphatic heterocycles. The van der Waals surface area contributed by atoms with E-state index in [0.717, 1.165) is 39.2 Å². The fourth-order valence-electron chi connectivity index (χ4n) is 3.14. The quantitative estimate of drug-likeness (QED) is 0.349. The van der Waals surface area contributed by atoms with Crippen LogP contribution in [0.25, 0.3) is 27.7 Å². The molecule has 2 aromatic heterocycles. The number of fused-ring (bicyclic) bond motifs is 1. The smallest absolute Gasteiger partial charge is 0.141 e. The van der Waals surface area contributed by atoms with Crippen LogP contribution < -0.4 is 5.32 Å². The molecule has 2 heterocycles. The van der Waals surface area contributed by atoms with Crippen LogP contribution in [0.4, 0.5) is 11.5 Å². The van der Waals surface area contributed by atoms with Crippen molar-refractivity contribution in [2.45, 2.75) is 27.7 Å². The molecule has 5 rings (SSSR count). The standard InChI is InChI=1S/C22H16N6.2C2H6/c1-2-4-16(5-3-1)17-6-11-21-20(12-17)22(25-14-24-21)27-18-7-9-19(10-8-18)28-15-23-13-26-28;2*1-2/h1-15H,(H,24,25,27);2*1-2H3. The molecule has 0 bridgehead atoms. The first-order valence-electron chi connectivity index (χ1n) is 10.9. The topological polar surface area (TPSA) is 68.5 Å². The summed E-state index contributed by atoms with van der Waals surface area (Å²) in [4.78, 5) is 12.8. The lowest BCUT2D eigenvalue weighted by molar-refractivity contribution is 0.879. The summed E-state index contributed by atoms with van der Waals surface area (Å²) >= 11 is 0. The van der Waals surface area contributed by atoms with Gasteiger partial charge in [-0.25, -0.2) is 19.6 Å². The van der Waals surface area contributed by atoms with Gasteiger partial charge < -0.3 is 5.32 Å². The maximum absolute atomic E-state index is 4.46. The first-order valence-corrected chi connectivity index (χ1v) is 10.9. The Labute approximate surface area is 189 Å². The van der Waals surface area contributed by atoms with E-state index in [9.17, 15) is 0 Å². The molecule has 6 nitrogen and oxygen atoms in total. The van der Waals surface area contributed by atoms with Gasteiger partial charge in [-0.1, -0.05) is 64.1 Å². The molecule has 32 heavy (non-hydrogen) atoms. The molecular weight excluding hydrogens is 396 g/mol. The number of aromatic nitrogens is 5. The monoisotopic (exact) mass is 424 g/mol. The summed E-state index contributed by atoms with van der Waals surface area (Å²) in [6.45, 7) is 8.00. The second-order valence-corrected chi connectivity index (χ2v) is 6.33. The van der Waals surface area contributed by atoms with Crippen LogP contribution in [0.3, 0.4) is 0 Å². The van der Waals surface area contributed by atoms with Gasteiger partial charge in [0.15, 0.2) is 0 Å². The summed E-state index contributed by atoms with van der Waals surface area (Å²) in [5.41, 5.74) is 5.08. The van der Waals surface area contributed by atoms with E-state index in [2.05, 4.69) is 49.6 Å². The highest BCUT2D eigenvalue weighted by Gasteiger charge is 2.07. The Hall–Kier alpha value is -4.06. The third kappa shape index (κ3) is 5.16. The number of hydrogen-bond acceptors (Lipinski definition) is 5. The molecule has 0 spiro atoms. The zero-order valence-corrected chi connectivity index (χ0v) is 18.9. The van der Waals surface area contributed by atoms with Gasteiger partial charge in [0.25, 0.3) is 0 Å². The van der Waals surface area contributed by atoms with E-state index in [-0.39, 0.29) is 0 Å². The number of nitrogens with zero attached hydrogens (tertiary/aromatic N) is 5. The minimum Gasteiger partial charge on any atom is -0.340 e. The molecule has 0 amide bonds. The van der Waals surface area contributed by atoms with Crippen molar-refractivity contribution in [1.29, 1.82) is 0 Å². The average Bonchev–Trinajstić information content (AvgIpc) is 3.43. The maximum Gasteiger partial charge on any atom is 0.141 e. The Bertz CT molecular complexity index is 1220.